The van der Waals surface area contributed by atoms with Gasteiger partial charge in [0.05, 0.1) is 0 Å². The smallest absolute Gasteiger partial charge is 0.0354 e. The van der Waals surface area contributed by atoms with Crippen LogP contribution in [0.5, 0.6) is 0 Å². The molecule has 0 rings (SSSR count). The molecule has 0 nitrogen and oxygen atoms in total. The summed E-state index contributed by atoms with van der Waals surface area (Å²) in [7, 11) is 0. The van der Waals surface area contributed by atoms with Crippen molar-refractivity contribution in [1.82, 2.24) is 0 Å². The summed E-state index contributed by atoms with van der Waals surface area (Å²) in [5, 5.41) is 0. The summed E-state index contributed by atoms with van der Waals surface area (Å²) < 4.78 is 0. The fourth-order valence-electron chi connectivity index (χ4n) is 1.86. The molecule has 0 amide bonds. The molecule has 1 radical (unpaired) electrons. The van der Waals surface area contributed by atoms with Gasteiger partial charge in [-0.2, -0.15) is 0 Å². The minimum atomic E-state index is 0.474. The molecular weight excluding hydrogens is 180 g/mol. The van der Waals surface area contributed by atoms with Crippen LogP contribution in [0.2, 0.25) is 0 Å². The zero-order valence-electron chi connectivity index (χ0n) is 11.3. The van der Waals surface area contributed by atoms with Crippen molar-refractivity contribution in [3.63, 3.8) is 0 Å². The van der Waals surface area contributed by atoms with E-state index in [1.807, 2.05) is 0 Å². The number of rotatable bonds is 10. The maximum Gasteiger partial charge on any atom is -0.0354 e. The number of hydrogen-bond acceptors (Lipinski definition) is 0. The van der Waals surface area contributed by atoms with E-state index in [-0.39, 0.29) is 0 Å². The summed E-state index contributed by atoms with van der Waals surface area (Å²) in [5.41, 5.74) is 0.474. The Bertz CT molecular complexity index is 124. The predicted molar refractivity (Wildman–Crippen MR) is 71.0 cm³/mol. The first-order valence-corrected chi connectivity index (χ1v) is 6.91. The third-order valence-electron chi connectivity index (χ3n) is 3.38. The normalized spacial score (nSPS) is 12.0. The summed E-state index contributed by atoms with van der Waals surface area (Å²) in [6.45, 7) is 11.0. The molecule has 0 spiro atoms. The van der Waals surface area contributed by atoms with Crippen molar-refractivity contribution in [1.29, 1.82) is 0 Å². The van der Waals surface area contributed by atoms with Crippen molar-refractivity contribution in [2.24, 2.45) is 5.41 Å². The van der Waals surface area contributed by atoms with E-state index in [9.17, 15) is 0 Å². The Morgan fingerprint density at radius 1 is 0.800 bits per heavy atom. The molecule has 0 aliphatic heterocycles. The highest BCUT2D eigenvalue weighted by molar-refractivity contribution is 4.69. The Morgan fingerprint density at radius 3 is 1.73 bits per heavy atom. The molecule has 0 saturated carbocycles. The molecule has 0 bridgehead atoms. The van der Waals surface area contributed by atoms with Crippen LogP contribution in [0, 0.1) is 12.3 Å². The molecule has 0 aliphatic rings. The molecule has 0 heterocycles. The molecule has 15 heavy (non-hydrogen) atoms. The first-order chi connectivity index (χ1) is 7.12. The van der Waals surface area contributed by atoms with Crippen LogP contribution in [-0.4, -0.2) is 0 Å². The standard InChI is InChI=1S/C15H31/c1-5-7-8-9-10-11-12-13-14-15(3,4)6-2/h2,5-14H2,1,3-4H3. The first kappa shape index (κ1) is 15.0. The molecule has 0 aliphatic carbocycles. The van der Waals surface area contributed by atoms with Crippen LogP contribution in [0.25, 0.3) is 0 Å². The molecular formula is C15H31. The number of hydrogen-bond donors (Lipinski definition) is 0. The highest BCUT2D eigenvalue weighted by Crippen LogP contribution is 2.27. The predicted octanol–water partition coefficient (Wildman–Crippen LogP) is 5.77. The van der Waals surface area contributed by atoms with Crippen molar-refractivity contribution in [2.45, 2.75) is 85.0 Å². The second-order valence-electron chi connectivity index (χ2n) is 5.64. The largest absolute Gasteiger partial charge is 0.0654 e. The van der Waals surface area contributed by atoms with E-state index >= 15 is 0 Å². The van der Waals surface area contributed by atoms with E-state index in [1.54, 1.807) is 0 Å². The summed E-state index contributed by atoms with van der Waals surface area (Å²) in [6.07, 6.45) is 13.8. The minimum absolute atomic E-state index is 0.474. The van der Waals surface area contributed by atoms with Gasteiger partial charge in [-0.25, -0.2) is 0 Å². The van der Waals surface area contributed by atoms with Gasteiger partial charge in [-0.15, -0.1) is 0 Å². The highest BCUT2D eigenvalue weighted by Gasteiger charge is 2.13. The lowest BCUT2D eigenvalue weighted by molar-refractivity contribution is 0.321. The lowest BCUT2D eigenvalue weighted by Crippen LogP contribution is -2.08. The van der Waals surface area contributed by atoms with Crippen molar-refractivity contribution < 1.29 is 0 Å². The van der Waals surface area contributed by atoms with E-state index in [0.29, 0.717) is 5.41 Å². The van der Waals surface area contributed by atoms with Gasteiger partial charge in [0.2, 0.25) is 0 Å². The molecule has 0 N–H and O–H groups in total. The molecule has 0 aromatic heterocycles. The summed E-state index contributed by atoms with van der Waals surface area (Å²) in [5.74, 6) is 0. The summed E-state index contributed by atoms with van der Waals surface area (Å²) in [4.78, 5) is 0. The van der Waals surface area contributed by atoms with Crippen molar-refractivity contribution in [3.8, 4) is 0 Å². The Labute approximate surface area is 97.8 Å². The summed E-state index contributed by atoms with van der Waals surface area (Å²) in [6, 6.07) is 0. The van der Waals surface area contributed by atoms with Gasteiger partial charge >= 0.3 is 0 Å². The Hall–Kier alpha value is 0. The molecule has 0 saturated heterocycles. The van der Waals surface area contributed by atoms with E-state index in [4.69, 9.17) is 0 Å². The van der Waals surface area contributed by atoms with Crippen LogP contribution in [-0.2, 0) is 0 Å². The molecule has 0 fully saturated rings. The van der Waals surface area contributed by atoms with Gasteiger partial charge in [-0.1, -0.05) is 79.1 Å². The van der Waals surface area contributed by atoms with Crippen LogP contribution < -0.4 is 0 Å². The molecule has 0 aromatic carbocycles. The average Bonchev–Trinajstić information content (AvgIpc) is 2.22. The second-order valence-corrected chi connectivity index (χ2v) is 5.64. The monoisotopic (exact) mass is 211 g/mol. The van der Waals surface area contributed by atoms with Crippen LogP contribution in [0.3, 0.4) is 0 Å². The zero-order valence-corrected chi connectivity index (χ0v) is 11.3. The van der Waals surface area contributed by atoms with Crippen molar-refractivity contribution >= 4 is 0 Å². The Morgan fingerprint density at radius 2 is 1.27 bits per heavy atom. The fraction of sp³-hybridized carbons (Fsp3) is 0.933. The SMILES string of the molecule is [CH2]CC(C)(C)CCCCCCCCCC. The van der Waals surface area contributed by atoms with Gasteiger partial charge < -0.3 is 0 Å². The molecule has 0 atom stereocenters. The van der Waals surface area contributed by atoms with Gasteiger partial charge in [0.25, 0.3) is 0 Å². The second kappa shape index (κ2) is 9.24. The quantitative estimate of drug-likeness (QED) is 0.402. The van der Waals surface area contributed by atoms with E-state index in [1.165, 1.54) is 57.8 Å². The molecule has 91 valence electrons. The molecule has 0 aromatic rings. The highest BCUT2D eigenvalue weighted by atomic mass is 14.2. The van der Waals surface area contributed by atoms with Gasteiger partial charge in [0, 0.05) is 0 Å². The zero-order chi connectivity index (χ0) is 11.6. The van der Waals surface area contributed by atoms with Crippen molar-refractivity contribution in [2.75, 3.05) is 0 Å². The fourth-order valence-corrected chi connectivity index (χ4v) is 1.86. The van der Waals surface area contributed by atoms with Gasteiger partial charge in [-0.3, -0.25) is 0 Å². The molecule has 0 heteroatoms. The Balaban J connectivity index is 3.11. The van der Waals surface area contributed by atoms with Gasteiger partial charge in [0.15, 0.2) is 0 Å². The van der Waals surface area contributed by atoms with Crippen LogP contribution >= 0.6 is 0 Å². The maximum atomic E-state index is 4.01. The first-order valence-electron chi connectivity index (χ1n) is 6.91. The topological polar surface area (TPSA) is 0 Å². The van der Waals surface area contributed by atoms with Crippen molar-refractivity contribution in [3.05, 3.63) is 6.92 Å². The lowest BCUT2D eigenvalue weighted by Gasteiger charge is -2.21. The lowest BCUT2D eigenvalue weighted by atomic mass is 9.84. The van der Waals surface area contributed by atoms with Gasteiger partial charge in [-0.05, 0) is 18.3 Å². The van der Waals surface area contributed by atoms with Crippen LogP contribution in [0.1, 0.15) is 85.0 Å². The third-order valence-corrected chi connectivity index (χ3v) is 3.38. The van der Waals surface area contributed by atoms with E-state index < -0.39 is 0 Å². The molecule has 0 unspecified atom stereocenters. The van der Waals surface area contributed by atoms with E-state index in [0.717, 1.165) is 6.42 Å². The Kier molecular flexibility index (Phi) is 9.24. The van der Waals surface area contributed by atoms with Crippen LogP contribution in [0.15, 0.2) is 0 Å². The summed E-state index contributed by atoms with van der Waals surface area (Å²) >= 11 is 0. The van der Waals surface area contributed by atoms with Gasteiger partial charge in [0.1, 0.15) is 0 Å². The third kappa shape index (κ3) is 10.3. The number of unbranched alkanes of at least 4 members (excludes halogenated alkanes) is 7. The maximum absolute atomic E-state index is 4.01. The van der Waals surface area contributed by atoms with E-state index in [2.05, 4.69) is 27.7 Å². The van der Waals surface area contributed by atoms with Crippen LogP contribution in [0.4, 0.5) is 0 Å². The average molecular weight is 211 g/mol. The minimum Gasteiger partial charge on any atom is -0.0654 e.